The van der Waals surface area contributed by atoms with E-state index in [0.717, 1.165) is 49.6 Å². The Labute approximate surface area is 159 Å². The van der Waals surface area contributed by atoms with Gasteiger partial charge in [0.2, 0.25) is 0 Å². The summed E-state index contributed by atoms with van der Waals surface area (Å²) in [5, 5.41) is 2.94. The third-order valence-corrected chi connectivity index (χ3v) is 5.02. The number of halogens is 1. The predicted octanol–water partition coefficient (Wildman–Crippen LogP) is 3.10. The normalized spacial score (nSPS) is 17.1. The highest BCUT2D eigenvalue weighted by atomic mass is 19.1. The summed E-state index contributed by atoms with van der Waals surface area (Å²) in [6.07, 6.45) is 3.94. The van der Waals surface area contributed by atoms with Gasteiger partial charge in [0.1, 0.15) is 18.2 Å². The third-order valence-electron chi connectivity index (χ3n) is 5.02. The summed E-state index contributed by atoms with van der Waals surface area (Å²) in [5.74, 6) is 1.04. The molecule has 1 aromatic heterocycles. The van der Waals surface area contributed by atoms with Gasteiger partial charge >= 0.3 is 6.03 Å². The number of urea groups is 1. The summed E-state index contributed by atoms with van der Waals surface area (Å²) in [7, 11) is 1.67. The molecule has 2 amide bonds. The monoisotopic (exact) mass is 374 g/mol. The van der Waals surface area contributed by atoms with Crippen molar-refractivity contribution >= 4 is 6.03 Å². The van der Waals surface area contributed by atoms with Crippen molar-refractivity contribution in [3.05, 3.63) is 53.4 Å². The molecule has 1 aromatic carbocycles. The van der Waals surface area contributed by atoms with Gasteiger partial charge < -0.3 is 19.5 Å². The number of hydrogen-bond acceptors (Lipinski definition) is 3. The van der Waals surface area contributed by atoms with Crippen LogP contribution in [0.5, 0.6) is 0 Å². The van der Waals surface area contributed by atoms with Crippen molar-refractivity contribution in [1.29, 1.82) is 0 Å². The first-order valence-electron chi connectivity index (χ1n) is 9.34. The van der Waals surface area contributed by atoms with Gasteiger partial charge in [0, 0.05) is 45.2 Å². The van der Waals surface area contributed by atoms with Crippen LogP contribution in [0.15, 0.2) is 30.5 Å². The summed E-state index contributed by atoms with van der Waals surface area (Å²) >= 11 is 0. The van der Waals surface area contributed by atoms with Gasteiger partial charge in [-0.2, -0.15) is 0 Å². The van der Waals surface area contributed by atoms with E-state index in [2.05, 4.69) is 14.9 Å². The van der Waals surface area contributed by atoms with Gasteiger partial charge in [-0.15, -0.1) is 0 Å². The maximum Gasteiger partial charge on any atom is 0.317 e. The molecule has 1 atom stereocenters. The van der Waals surface area contributed by atoms with Crippen LogP contribution in [0.1, 0.15) is 29.9 Å². The number of imidazole rings is 1. The van der Waals surface area contributed by atoms with Gasteiger partial charge in [0.15, 0.2) is 0 Å². The molecule has 0 aliphatic carbocycles. The lowest BCUT2D eigenvalue weighted by Gasteiger charge is -2.33. The van der Waals surface area contributed by atoms with Crippen LogP contribution < -0.4 is 5.32 Å². The maximum absolute atomic E-state index is 13.0. The molecule has 1 unspecified atom stereocenters. The van der Waals surface area contributed by atoms with Gasteiger partial charge in [-0.25, -0.2) is 14.2 Å². The minimum Gasteiger partial charge on any atom is -0.377 e. The van der Waals surface area contributed by atoms with E-state index >= 15 is 0 Å². The molecular formula is C20H27FN4O2. The lowest BCUT2D eigenvalue weighted by molar-refractivity contribution is 0.152. The lowest BCUT2D eigenvalue weighted by atomic mass is 9.98. The standard InChI is InChI=1S/C20H27FN4O2/c1-15-10-22-19(14-27-2)25(15)13-17-4-3-9-24(12-17)20(26)23-11-16-5-7-18(21)8-6-16/h5-8,10,17H,3-4,9,11-14H2,1-2H3,(H,23,26). The van der Waals surface area contributed by atoms with E-state index in [4.69, 9.17) is 4.74 Å². The Hall–Kier alpha value is -2.41. The van der Waals surface area contributed by atoms with Crippen molar-refractivity contribution in [2.75, 3.05) is 20.2 Å². The van der Waals surface area contributed by atoms with Gasteiger partial charge in [0.05, 0.1) is 0 Å². The first-order valence-corrected chi connectivity index (χ1v) is 9.34. The summed E-state index contributed by atoms with van der Waals surface area (Å²) in [6.45, 7) is 5.26. The second kappa shape index (κ2) is 8.99. The van der Waals surface area contributed by atoms with Crippen LogP contribution in [0.25, 0.3) is 0 Å². The molecular weight excluding hydrogens is 347 g/mol. The summed E-state index contributed by atoms with van der Waals surface area (Å²) in [4.78, 5) is 18.8. The number of benzene rings is 1. The molecule has 2 aromatic rings. The van der Waals surface area contributed by atoms with Gasteiger partial charge in [-0.05, 0) is 43.4 Å². The van der Waals surface area contributed by atoms with Crippen LogP contribution in [0.2, 0.25) is 0 Å². The maximum atomic E-state index is 13.0. The number of likely N-dealkylation sites (tertiary alicyclic amines) is 1. The topological polar surface area (TPSA) is 59.4 Å². The highest BCUT2D eigenvalue weighted by Gasteiger charge is 2.24. The number of hydrogen-bond donors (Lipinski definition) is 1. The molecule has 3 rings (SSSR count). The fourth-order valence-corrected chi connectivity index (χ4v) is 3.55. The molecule has 0 radical (unpaired) electrons. The lowest BCUT2D eigenvalue weighted by Crippen LogP contribution is -2.46. The quantitative estimate of drug-likeness (QED) is 0.845. The van der Waals surface area contributed by atoms with Crippen molar-refractivity contribution < 1.29 is 13.9 Å². The second-order valence-corrected chi connectivity index (χ2v) is 7.10. The Morgan fingerprint density at radius 2 is 2.15 bits per heavy atom. The summed E-state index contributed by atoms with van der Waals surface area (Å²) in [6, 6.07) is 6.12. The molecule has 0 spiro atoms. The van der Waals surface area contributed by atoms with E-state index in [0.29, 0.717) is 19.1 Å². The van der Waals surface area contributed by atoms with Crippen molar-refractivity contribution in [3.8, 4) is 0 Å². The zero-order chi connectivity index (χ0) is 19.2. The van der Waals surface area contributed by atoms with Crippen LogP contribution >= 0.6 is 0 Å². The fraction of sp³-hybridized carbons (Fsp3) is 0.500. The van der Waals surface area contributed by atoms with E-state index in [1.54, 1.807) is 19.2 Å². The third kappa shape index (κ3) is 5.07. The van der Waals surface area contributed by atoms with Crippen LogP contribution in [0.3, 0.4) is 0 Å². The first-order chi connectivity index (χ1) is 13.1. The predicted molar refractivity (Wildman–Crippen MR) is 101 cm³/mol. The molecule has 146 valence electrons. The van der Waals surface area contributed by atoms with E-state index < -0.39 is 0 Å². The van der Waals surface area contributed by atoms with Gasteiger partial charge in [-0.3, -0.25) is 0 Å². The van der Waals surface area contributed by atoms with Crippen molar-refractivity contribution in [1.82, 2.24) is 19.8 Å². The molecule has 1 aliphatic heterocycles. The number of methoxy groups -OCH3 is 1. The van der Waals surface area contributed by atoms with Gasteiger partial charge in [0.25, 0.3) is 0 Å². The Morgan fingerprint density at radius 3 is 2.89 bits per heavy atom. The number of nitrogens with zero attached hydrogens (tertiary/aromatic N) is 3. The molecule has 6 nitrogen and oxygen atoms in total. The van der Waals surface area contributed by atoms with E-state index in [9.17, 15) is 9.18 Å². The number of rotatable bonds is 6. The number of aryl methyl sites for hydroxylation is 1. The van der Waals surface area contributed by atoms with Gasteiger partial charge in [-0.1, -0.05) is 12.1 Å². The second-order valence-electron chi connectivity index (χ2n) is 7.10. The number of carbonyl (C=O) groups is 1. The number of carbonyl (C=O) groups excluding carboxylic acids is 1. The Bertz CT molecular complexity index is 760. The van der Waals surface area contributed by atoms with Crippen molar-refractivity contribution in [2.45, 2.75) is 39.5 Å². The molecule has 1 saturated heterocycles. The number of ether oxygens (including phenoxy) is 1. The highest BCUT2D eigenvalue weighted by Crippen LogP contribution is 2.20. The molecule has 0 bridgehead atoms. The van der Waals surface area contributed by atoms with Crippen molar-refractivity contribution in [3.63, 3.8) is 0 Å². The Morgan fingerprint density at radius 1 is 1.37 bits per heavy atom. The van der Waals surface area contributed by atoms with Crippen molar-refractivity contribution in [2.24, 2.45) is 5.92 Å². The largest absolute Gasteiger partial charge is 0.377 e. The molecule has 7 heteroatoms. The average molecular weight is 374 g/mol. The number of piperidine rings is 1. The molecule has 0 saturated carbocycles. The summed E-state index contributed by atoms with van der Waals surface area (Å²) < 4.78 is 20.4. The van der Waals surface area contributed by atoms with Crippen LogP contribution in [0.4, 0.5) is 9.18 Å². The Balaban J connectivity index is 1.55. The fourth-order valence-electron chi connectivity index (χ4n) is 3.55. The zero-order valence-electron chi connectivity index (χ0n) is 15.9. The minimum absolute atomic E-state index is 0.0662. The van der Waals surface area contributed by atoms with Crippen LogP contribution in [0, 0.1) is 18.7 Å². The zero-order valence-corrected chi connectivity index (χ0v) is 15.9. The molecule has 27 heavy (non-hydrogen) atoms. The van der Waals surface area contributed by atoms with Crippen LogP contribution in [-0.4, -0.2) is 40.7 Å². The van der Waals surface area contributed by atoms with E-state index in [1.807, 2.05) is 18.0 Å². The van der Waals surface area contributed by atoms with E-state index in [1.165, 1.54) is 12.1 Å². The molecule has 1 fully saturated rings. The molecule has 1 aliphatic rings. The Kier molecular flexibility index (Phi) is 6.45. The number of aromatic nitrogens is 2. The van der Waals surface area contributed by atoms with E-state index in [-0.39, 0.29) is 11.8 Å². The number of nitrogens with one attached hydrogen (secondary N) is 1. The minimum atomic E-state index is -0.272. The highest BCUT2D eigenvalue weighted by molar-refractivity contribution is 5.74. The number of amides is 2. The van der Waals surface area contributed by atoms with Crippen LogP contribution in [-0.2, 0) is 24.4 Å². The summed E-state index contributed by atoms with van der Waals surface area (Å²) in [5.41, 5.74) is 2.00. The SMILES string of the molecule is COCc1ncc(C)n1CC1CCCN(C(=O)NCc2ccc(F)cc2)C1. The first kappa shape index (κ1) is 19.4. The molecule has 2 heterocycles. The average Bonchev–Trinajstić information content (AvgIpc) is 3.01. The smallest absolute Gasteiger partial charge is 0.317 e. The molecule has 1 N–H and O–H groups in total.